The summed E-state index contributed by atoms with van der Waals surface area (Å²) in [5, 5.41) is 3.52. The van der Waals surface area contributed by atoms with Crippen molar-refractivity contribution in [1.82, 2.24) is 0 Å². The lowest BCUT2D eigenvalue weighted by molar-refractivity contribution is 0.0602. The quantitative estimate of drug-likeness (QED) is 0.767. The largest absolute Gasteiger partial charge is 0.465 e. The van der Waals surface area contributed by atoms with Gasteiger partial charge in [0.05, 0.1) is 12.7 Å². The average Bonchev–Trinajstić information content (AvgIpc) is 2.26. The SMILES string of the molecule is COC(=O)c1cc(Cl)ccc1NCCN. The Balaban J connectivity index is 2.97. The Kier molecular flexibility index (Phi) is 4.39. The van der Waals surface area contributed by atoms with Crippen molar-refractivity contribution in [3.63, 3.8) is 0 Å². The van der Waals surface area contributed by atoms with Crippen molar-refractivity contribution in [3.05, 3.63) is 28.8 Å². The van der Waals surface area contributed by atoms with Gasteiger partial charge in [-0.2, -0.15) is 0 Å². The molecule has 4 nitrogen and oxygen atoms in total. The molecule has 1 aromatic carbocycles. The second-order valence-electron chi connectivity index (χ2n) is 2.90. The fraction of sp³-hybridized carbons (Fsp3) is 0.300. The molecule has 0 unspecified atom stereocenters. The topological polar surface area (TPSA) is 64.3 Å². The van der Waals surface area contributed by atoms with E-state index in [0.29, 0.717) is 29.4 Å². The number of carbonyl (C=O) groups excluding carboxylic acids is 1. The van der Waals surface area contributed by atoms with E-state index in [1.165, 1.54) is 7.11 Å². The van der Waals surface area contributed by atoms with Crippen molar-refractivity contribution in [1.29, 1.82) is 0 Å². The molecule has 0 amide bonds. The van der Waals surface area contributed by atoms with Crippen LogP contribution in [0.5, 0.6) is 0 Å². The minimum atomic E-state index is -0.419. The number of halogens is 1. The summed E-state index contributed by atoms with van der Waals surface area (Å²) in [6.07, 6.45) is 0. The summed E-state index contributed by atoms with van der Waals surface area (Å²) in [5.41, 5.74) is 6.45. The molecule has 0 aromatic heterocycles. The highest BCUT2D eigenvalue weighted by molar-refractivity contribution is 6.31. The Morgan fingerprint density at radius 1 is 1.60 bits per heavy atom. The van der Waals surface area contributed by atoms with E-state index >= 15 is 0 Å². The van der Waals surface area contributed by atoms with Crippen molar-refractivity contribution in [2.75, 3.05) is 25.5 Å². The molecule has 0 spiro atoms. The smallest absolute Gasteiger partial charge is 0.340 e. The second-order valence-corrected chi connectivity index (χ2v) is 3.33. The summed E-state index contributed by atoms with van der Waals surface area (Å²) in [6, 6.07) is 4.99. The number of ether oxygens (including phenoxy) is 1. The van der Waals surface area contributed by atoms with E-state index < -0.39 is 5.97 Å². The monoisotopic (exact) mass is 228 g/mol. The first-order valence-electron chi connectivity index (χ1n) is 4.51. The molecule has 0 saturated carbocycles. The van der Waals surface area contributed by atoms with Crippen LogP contribution in [0, 0.1) is 0 Å². The minimum absolute atomic E-state index is 0.415. The molecule has 0 heterocycles. The van der Waals surface area contributed by atoms with Gasteiger partial charge in [-0.15, -0.1) is 0 Å². The molecule has 82 valence electrons. The van der Waals surface area contributed by atoms with Gasteiger partial charge in [0.15, 0.2) is 0 Å². The third-order valence-corrected chi connectivity index (χ3v) is 2.08. The first kappa shape index (κ1) is 11.8. The lowest BCUT2D eigenvalue weighted by Crippen LogP contribution is -2.15. The summed E-state index contributed by atoms with van der Waals surface area (Å²) in [4.78, 5) is 11.4. The maximum Gasteiger partial charge on any atom is 0.340 e. The first-order valence-corrected chi connectivity index (χ1v) is 4.88. The molecule has 0 atom stereocenters. The highest BCUT2D eigenvalue weighted by Gasteiger charge is 2.11. The highest BCUT2D eigenvalue weighted by Crippen LogP contribution is 2.21. The predicted octanol–water partition coefficient (Wildman–Crippen LogP) is 1.50. The van der Waals surface area contributed by atoms with Crippen LogP contribution in [-0.4, -0.2) is 26.2 Å². The first-order chi connectivity index (χ1) is 7.19. The van der Waals surface area contributed by atoms with Crippen LogP contribution >= 0.6 is 11.6 Å². The Bertz CT molecular complexity index is 355. The average molecular weight is 229 g/mol. The van der Waals surface area contributed by atoms with Gasteiger partial charge in [0.25, 0.3) is 0 Å². The van der Waals surface area contributed by atoms with E-state index in [1.54, 1.807) is 18.2 Å². The molecule has 0 radical (unpaired) electrons. The number of methoxy groups -OCH3 is 1. The van der Waals surface area contributed by atoms with Crippen LogP contribution in [0.2, 0.25) is 5.02 Å². The van der Waals surface area contributed by atoms with E-state index in [9.17, 15) is 4.79 Å². The van der Waals surface area contributed by atoms with Crippen LogP contribution in [0.3, 0.4) is 0 Å². The van der Waals surface area contributed by atoms with E-state index in [1.807, 2.05) is 0 Å². The van der Waals surface area contributed by atoms with Gasteiger partial charge in [-0.3, -0.25) is 0 Å². The molecule has 3 N–H and O–H groups in total. The lowest BCUT2D eigenvalue weighted by Gasteiger charge is -2.09. The van der Waals surface area contributed by atoms with E-state index in [2.05, 4.69) is 10.1 Å². The molecule has 0 aliphatic heterocycles. The maximum atomic E-state index is 11.4. The number of anilines is 1. The van der Waals surface area contributed by atoms with E-state index in [4.69, 9.17) is 17.3 Å². The molecule has 0 aliphatic carbocycles. The second kappa shape index (κ2) is 5.58. The molecular weight excluding hydrogens is 216 g/mol. The number of benzene rings is 1. The number of carbonyl (C=O) groups is 1. The van der Waals surface area contributed by atoms with Gasteiger partial charge in [0.1, 0.15) is 0 Å². The van der Waals surface area contributed by atoms with E-state index in [-0.39, 0.29) is 0 Å². The van der Waals surface area contributed by atoms with Crippen LogP contribution in [0.25, 0.3) is 0 Å². The van der Waals surface area contributed by atoms with Crippen molar-refractivity contribution < 1.29 is 9.53 Å². The summed E-state index contributed by atoms with van der Waals surface area (Å²) in [6.45, 7) is 1.08. The van der Waals surface area contributed by atoms with Crippen molar-refractivity contribution in [2.45, 2.75) is 0 Å². The Morgan fingerprint density at radius 2 is 2.33 bits per heavy atom. The summed E-state index contributed by atoms with van der Waals surface area (Å²) < 4.78 is 4.64. The zero-order chi connectivity index (χ0) is 11.3. The number of esters is 1. The molecule has 0 bridgehead atoms. The van der Waals surface area contributed by atoms with Crippen LogP contribution < -0.4 is 11.1 Å². The van der Waals surface area contributed by atoms with Gasteiger partial charge in [-0.05, 0) is 18.2 Å². The van der Waals surface area contributed by atoms with Crippen LogP contribution in [0.1, 0.15) is 10.4 Å². The maximum absolute atomic E-state index is 11.4. The van der Waals surface area contributed by atoms with Crippen LogP contribution in [0.4, 0.5) is 5.69 Å². The van der Waals surface area contributed by atoms with Crippen molar-refractivity contribution in [2.24, 2.45) is 5.73 Å². The third kappa shape index (κ3) is 3.11. The zero-order valence-corrected chi connectivity index (χ0v) is 9.17. The van der Waals surface area contributed by atoms with Gasteiger partial charge in [0.2, 0.25) is 0 Å². The van der Waals surface area contributed by atoms with Gasteiger partial charge in [0, 0.05) is 23.8 Å². The predicted molar refractivity (Wildman–Crippen MR) is 60.3 cm³/mol. The molecule has 0 fully saturated rings. The van der Waals surface area contributed by atoms with Gasteiger partial charge >= 0.3 is 5.97 Å². The molecule has 0 aliphatic rings. The molecule has 0 saturated heterocycles. The number of rotatable bonds is 4. The number of nitrogens with one attached hydrogen (secondary N) is 1. The van der Waals surface area contributed by atoms with Gasteiger partial charge in [-0.25, -0.2) is 4.79 Å². The molecule has 1 rings (SSSR count). The Hall–Kier alpha value is -1.26. The van der Waals surface area contributed by atoms with Crippen LogP contribution in [-0.2, 0) is 4.74 Å². The Morgan fingerprint density at radius 3 is 2.93 bits per heavy atom. The number of hydrogen-bond acceptors (Lipinski definition) is 4. The normalized spacial score (nSPS) is 9.80. The number of nitrogens with two attached hydrogens (primary N) is 1. The fourth-order valence-corrected chi connectivity index (χ4v) is 1.33. The zero-order valence-electron chi connectivity index (χ0n) is 8.42. The third-order valence-electron chi connectivity index (χ3n) is 1.85. The summed E-state index contributed by atoms with van der Waals surface area (Å²) >= 11 is 5.79. The molecule has 1 aromatic rings. The molecule has 5 heteroatoms. The van der Waals surface area contributed by atoms with Crippen LogP contribution in [0.15, 0.2) is 18.2 Å². The summed E-state index contributed by atoms with van der Waals surface area (Å²) in [7, 11) is 1.33. The standard InChI is InChI=1S/C10H13ClN2O2/c1-15-10(14)8-6-7(11)2-3-9(8)13-5-4-12/h2-3,6,13H,4-5,12H2,1H3. The van der Waals surface area contributed by atoms with Gasteiger partial charge in [-0.1, -0.05) is 11.6 Å². The molecule has 15 heavy (non-hydrogen) atoms. The summed E-state index contributed by atoms with van der Waals surface area (Å²) in [5.74, 6) is -0.419. The van der Waals surface area contributed by atoms with Crippen molar-refractivity contribution in [3.8, 4) is 0 Å². The number of hydrogen-bond donors (Lipinski definition) is 2. The lowest BCUT2D eigenvalue weighted by atomic mass is 10.2. The fourth-order valence-electron chi connectivity index (χ4n) is 1.16. The highest BCUT2D eigenvalue weighted by atomic mass is 35.5. The van der Waals surface area contributed by atoms with E-state index in [0.717, 1.165) is 0 Å². The molecular formula is C10H13ClN2O2. The van der Waals surface area contributed by atoms with Crippen molar-refractivity contribution >= 4 is 23.3 Å². The van der Waals surface area contributed by atoms with Gasteiger partial charge < -0.3 is 15.8 Å². The Labute approximate surface area is 93.4 Å². The minimum Gasteiger partial charge on any atom is -0.465 e.